The van der Waals surface area contributed by atoms with Gasteiger partial charge in [-0.15, -0.1) is 0 Å². The number of amides is 2. The molecule has 4 rings (SSSR count). The van der Waals surface area contributed by atoms with Crippen molar-refractivity contribution >= 4 is 34.0 Å². The van der Waals surface area contributed by atoms with E-state index in [4.69, 9.17) is 0 Å². The molecule has 25 heavy (non-hydrogen) atoms. The van der Waals surface area contributed by atoms with Crippen LogP contribution in [0.1, 0.15) is 10.4 Å². The Hall–Kier alpha value is -3.28. The van der Waals surface area contributed by atoms with Crippen molar-refractivity contribution < 1.29 is 18.4 Å². The Bertz CT molecular complexity index is 1010. The van der Waals surface area contributed by atoms with Gasteiger partial charge in [-0.25, -0.2) is 8.78 Å². The monoisotopic (exact) mass is 338 g/mol. The zero-order chi connectivity index (χ0) is 17.6. The topological polar surface area (TPSA) is 49.4 Å². The molecule has 3 aromatic rings. The van der Waals surface area contributed by atoms with Crippen LogP contribution in [0.4, 0.5) is 20.2 Å². The molecule has 4 nitrogen and oxygen atoms in total. The van der Waals surface area contributed by atoms with Gasteiger partial charge in [0.1, 0.15) is 18.2 Å². The first-order chi connectivity index (χ1) is 12.0. The van der Waals surface area contributed by atoms with E-state index >= 15 is 0 Å². The normalized spacial score (nSPS) is 12.7. The highest BCUT2D eigenvalue weighted by atomic mass is 19.1. The Morgan fingerprint density at radius 2 is 1.68 bits per heavy atom. The van der Waals surface area contributed by atoms with Crippen LogP contribution in [0.3, 0.4) is 0 Å². The average Bonchev–Trinajstić information content (AvgIpc) is 2.82. The van der Waals surface area contributed by atoms with E-state index in [1.165, 1.54) is 4.90 Å². The van der Waals surface area contributed by atoms with Crippen LogP contribution in [0.5, 0.6) is 0 Å². The third-order valence-corrected chi connectivity index (χ3v) is 4.10. The molecule has 0 aromatic heterocycles. The van der Waals surface area contributed by atoms with Gasteiger partial charge in [0.05, 0.1) is 5.69 Å². The zero-order valence-corrected chi connectivity index (χ0v) is 12.9. The van der Waals surface area contributed by atoms with E-state index in [2.05, 4.69) is 5.32 Å². The number of hydrogen-bond donors (Lipinski definition) is 1. The highest BCUT2D eigenvalue weighted by molar-refractivity contribution is 6.26. The van der Waals surface area contributed by atoms with Crippen LogP contribution >= 0.6 is 0 Å². The number of rotatable bonds is 3. The molecule has 0 saturated carbocycles. The molecule has 0 unspecified atom stereocenters. The summed E-state index contributed by atoms with van der Waals surface area (Å²) in [6.07, 6.45) is 0. The summed E-state index contributed by atoms with van der Waals surface area (Å²) in [7, 11) is 0. The lowest BCUT2D eigenvalue weighted by molar-refractivity contribution is -0.114. The van der Waals surface area contributed by atoms with E-state index in [9.17, 15) is 18.4 Å². The van der Waals surface area contributed by atoms with Crippen LogP contribution in [0.2, 0.25) is 0 Å². The molecule has 6 heteroatoms. The predicted octanol–water partition coefficient (Wildman–Crippen LogP) is 3.72. The van der Waals surface area contributed by atoms with Gasteiger partial charge in [0, 0.05) is 22.7 Å². The van der Waals surface area contributed by atoms with Crippen LogP contribution in [0.15, 0.2) is 54.6 Å². The molecule has 0 saturated heterocycles. The van der Waals surface area contributed by atoms with Crippen LogP contribution in [-0.4, -0.2) is 18.4 Å². The lowest BCUT2D eigenvalue weighted by Crippen LogP contribution is -2.35. The third-order valence-electron chi connectivity index (χ3n) is 4.10. The molecule has 0 spiro atoms. The van der Waals surface area contributed by atoms with Gasteiger partial charge in [0.25, 0.3) is 5.91 Å². The van der Waals surface area contributed by atoms with Crippen molar-refractivity contribution in [2.24, 2.45) is 0 Å². The second kappa shape index (κ2) is 5.66. The first-order valence-corrected chi connectivity index (χ1v) is 7.62. The fourth-order valence-corrected chi connectivity index (χ4v) is 3.11. The van der Waals surface area contributed by atoms with Gasteiger partial charge in [-0.2, -0.15) is 0 Å². The highest BCUT2D eigenvalue weighted by Crippen LogP contribution is 2.36. The minimum atomic E-state index is -0.787. The van der Waals surface area contributed by atoms with Crippen molar-refractivity contribution in [1.82, 2.24) is 0 Å². The molecule has 0 fully saturated rings. The summed E-state index contributed by atoms with van der Waals surface area (Å²) in [4.78, 5) is 26.2. The Balaban J connectivity index is 1.60. The van der Waals surface area contributed by atoms with E-state index in [0.29, 0.717) is 11.3 Å². The number of benzene rings is 3. The summed E-state index contributed by atoms with van der Waals surface area (Å²) in [5.41, 5.74) is 1.20. The smallest absolute Gasteiger partial charge is 0.259 e. The SMILES string of the molecule is O=C(CN1C(=O)c2cccc3cccc1c23)Nc1cc(F)cc(F)c1. The largest absolute Gasteiger partial charge is 0.324 e. The summed E-state index contributed by atoms with van der Waals surface area (Å²) in [5.74, 6) is -2.38. The van der Waals surface area contributed by atoms with Crippen molar-refractivity contribution in [3.8, 4) is 0 Å². The molecule has 0 atom stereocenters. The second-order valence-electron chi connectivity index (χ2n) is 5.78. The van der Waals surface area contributed by atoms with Crippen molar-refractivity contribution in [1.29, 1.82) is 0 Å². The Morgan fingerprint density at radius 3 is 2.40 bits per heavy atom. The summed E-state index contributed by atoms with van der Waals surface area (Å²) in [6.45, 7) is -0.245. The minimum absolute atomic E-state index is 0.00451. The highest BCUT2D eigenvalue weighted by Gasteiger charge is 2.30. The predicted molar refractivity (Wildman–Crippen MR) is 90.6 cm³/mol. The van der Waals surface area contributed by atoms with E-state index in [1.54, 1.807) is 18.2 Å². The fraction of sp³-hybridized carbons (Fsp3) is 0.0526. The maximum Gasteiger partial charge on any atom is 0.259 e. The molecule has 1 aliphatic rings. The number of anilines is 2. The van der Waals surface area contributed by atoms with Crippen molar-refractivity contribution in [2.75, 3.05) is 16.8 Å². The van der Waals surface area contributed by atoms with Crippen LogP contribution in [0.25, 0.3) is 10.8 Å². The lowest BCUT2D eigenvalue weighted by atomic mass is 10.1. The molecule has 0 aliphatic carbocycles. The number of nitrogens with one attached hydrogen (secondary N) is 1. The van der Waals surface area contributed by atoms with Gasteiger partial charge in [-0.3, -0.25) is 14.5 Å². The zero-order valence-electron chi connectivity index (χ0n) is 12.9. The van der Waals surface area contributed by atoms with Gasteiger partial charge >= 0.3 is 0 Å². The lowest BCUT2D eigenvalue weighted by Gasteiger charge is -2.17. The molecule has 0 radical (unpaired) electrons. The van der Waals surface area contributed by atoms with Crippen LogP contribution < -0.4 is 10.2 Å². The number of hydrogen-bond acceptors (Lipinski definition) is 2. The van der Waals surface area contributed by atoms with Crippen molar-refractivity contribution in [3.05, 3.63) is 71.8 Å². The maximum absolute atomic E-state index is 13.2. The maximum atomic E-state index is 13.2. The number of carbonyl (C=O) groups excluding carboxylic acids is 2. The average molecular weight is 338 g/mol. The molecule has 1 heterocycles. The summed E-state index contributed by atoms with van der Waals surface area (Å²) >= 11 is 0. The minimum Gasteiger partial charge on any atom is -0.324 e. The quantitative estimate of drug-likeness (QED) is 0.791. The van der Waals surface area contributed by atoms with Gasteiger partial charge in [-0.05, 0) is 29.7 Å². The molecule has 1 N–H and O–H groups in total. The summed E-state index contributed by atoms with van der Waals surface area (Å²) < 4.78 is 26.4. The first-order valence-electron chi connectivity index (χ1n) is 7.62. The molecule has 1 aliphatic heterocycles. The standard InChI is InChI=1S/C19H12F2N2O2/c20-12-7-13(21)9-14(8-12)22-17(24)10-23-16-6-2-4-11-3-1-5-15(18(11)16)19(23)25/h1-9H,10H2,(H,22,24). The Labute approximate surface area is 141 Å². The summed E-state index contributed by atoms with van der Waals surface area (Å²) in [5, 5.41) is 4.14. The number of nitrogens with zero attached hydrogens (tertiary/aromatic N) is 1. The number of carbonyl (C=O) groups is 2. The third kappa shape index (κ3) is 2.61. The van der Waals surface area contributed by atoms with Crippen molar-refractivity contribution in [3.63, 3.8) is 0 Å². The fourth-order valence-electron chi connectivity index (χ4n) is 3.11. The molecule has 3 aromatic carbocycles. The van der Waals surface area contributed by atoms with Gasteiger partial charge in [-0.1, -0.05) is 24.3 Å². The molecule has 124 valence electrons. The van der Waals surface area contributed by atoms with E-state index in [-0.39, 0.29) is 18.1 Å². The van der Waals surface area contributed by atoms with Gasteiger partial charge < -0.3 is 5.32 Å². The Morgan fingerprint density at radius 1 is 1.00 bits per heavy atom. The molecular formula is C19H12F2N2O2. The van der Waals surface area contributed by atoms with Crippen LogP contribution in [0, 0.1) is 11.6 Å². The molecule has 0 bridgehead atoms. The number of halogens is 2. The first kappa shape index (κ1) is 15.3. The van der Waals surface area contributed by atoms with Crippen molar-refractivity contribution in [2.45, 2.75) is 0 Å². The van der Waals surface area contributed by atoms with Gasteiger partial charge in [0.2, 0.25) is 5.91 Å². The van der Waals surface area contributed by atoms with Crippen LogP contribution in [-0.2, 0) is 4.79 Å². The molecule has 2 amide bonds. The molecular weight excluding hydrogens is 326 g/mol. The van der Waals surface area contributed by atoms with E-state index < -0.39 is 17.5 Å². The Kier molecular flexibility index (Phi) is 3.46. The van der Waals surface area contributed by atoms with E-state index in [1.807, 2.05) is 18.2 Å². The van der Waals surface area contributed by atoms with Gasteiger partial charge in [0.15, 0.2) is 0 Å². The second-order valence-corrected chi connectivity index (χ2v) is 5.78. The summed E-state index contributed by atoms with van der Waals surface area (Å²) in [6, 6.07) is 13.6. The van der Waals surface area contributed by atoms with E-state index in [0.717, 1.165) is 29.0 Å².